The van der Waals surface area contributed by atoms with Crippen LogP contribution < -0.4 is 0 Å². The van der Waals surface area contributed by atoms with Crippen molar-refractivity contribution in [2.45, 2.75) is 45.1 Å². The first-order valence-electron chi connectivity index (χ1n) is 6.94. The number of rotatable bonds is 1. The zero-order chi connectivity index (χ0) is 14.8. The van der Waals surface area contributed by atoms with Crippen LogP contribution >= 0.6 is 15.9 Å². The van der Waals surface area contributed by atoms with Gasteiger partial charge in [0.25, 0.3) is 0 Å². The van der Waals surface area contributed by atoms with E-state index in [-0.39, 0.29) is 6.09 Å². The van der Waals surface area contributed by atoms with E-state index >= 15 is 0 Å². The molecule has 0 aliphatic carbocycles. The number of piperidine rings is 1. The lowest BCUT2D eigenvalue weighted by Gasteiger charge is -2.33. The molecule has 5 heteroatoms. The number of carbonyl (C=O) groups is 1. The highest BCUT2D eigenvalue weighted by atomic mass is 79.9. The Bertz CT molecular complexity index is 460. The van der Waals surface area contributed by atoms with Gasteiger partial charge in [-0.2, -0.15) is 0 Å². The molecule has 1 amide bonds. The monoisotopic (exact) mass is 340 g/mol. The maximum Gasteiger partial charge on any atom is 0.410 e. The van der Waals surface area contributed by atoms with E-state index < -0.39 is 5.60 Å². The van der Waals surface area contributed by atoms with Crippen molar-refractivity contribution in [1.82, 2.24) is 9.88 Å². The summed E-state index contributed by atoms with van der Waals surface area (Å²) in [5.41, 5.74) is 0.679. The Morgan fingerprint density at radius 2 is 2.00 bits per heavy atom. The summed E-state index contributed by atoms with van der Waals surface area (Å²) in [6.45, 7) is 7.14. The normalized spacial score (nSPS) is 17.1. The molecule has 1 fully saturated rings. The largest absolute Gasteiger partial charge is 0.444 e. The molecular weight excluding hydrogens is 320 g/mol. The van der Waals surface area contributed by atoms with Gasteiger partial charge in [0.15, 0.2) is 0 Å². The Balaban J connectivity index is 1.89. The Kier molecular flexibility index (Phi) is 4.68. The number of halogens is 1. The molecule has 20 heavy (non-hydrogen) atoms. The maximum atomic E-state index is 12.0. The second kappa shape index (κ2) is 6.12. The predicted molar refractivity (Wildman–Crippen MR) is 81.7 cm³/mol. The van der Waals surface area contributed by atoms with Crippen LogP contribution in [0.1, 0.15) is 45.2 Å². The van der Waals surface area contributed by atoms with E-state index in [0.717, 1.165) is 36.1 Å². The third kappa shape index (κ3) is 4.20. The highest BCUT2D eigenvalue weighted by Gasteiger charge is 2.27. The Morgan fingerprint density at radius 3 is 2.50 bits per heavy atom. The van der Waals surface area contributed by atoms with E-state index in [4.69, 9.17) is 4.74 Å². The van der Waals surface area contributed by atoms with Crippen LogP contribution in [0, 0.1) is 0 Å². The summed E-state index contributed by atoms with van der Waals surface area (Å²) in [6, 6.07) is 4.07. The molecule has 2 heterocycles. The van der Waals surface area contributed by atoms with Gasteiger partial charge in [-0.25, -0.2) is 4.79 Å². The smallest absolute Gasteiger partial charge is 0.410 e. The molecule has 0 unspecified atom stereocenters. The van der Waals surface area contributed by atoms with Crippen molar-refractivity contribution >= 4 is 22.0 Å². The predicted octanol–water partition coefficient (Wildman–Crippen LogP) is 3.96. The van der Waals surface area contributed by atoms with E-state index in [0.29, 0.717) is 5.92 Å². The third-order valence-electron chi connectivity index (χ3n) is 3.32. The van der Waals surface area contributed by atoms with Crippen molar-refractivity contribution < 1.29 is 9.53 Å². The summed E-state index contributed by atoms with van der Waals surface area (Å²) < 4.78 is 6.39. The molecule has 4 nitrogen and oxygen atoms in total. The second-order valence-electron chi connectivity index (χ2n) is 6.14. The fourth-order valence-corrected chi connectivity index (χ4v) is 2.55. The van der Waals surface area contributed by atoms with E-state index in [9.17, 15) is 4.79 Å². The van der Waals surface area contributed by atoms with Crippen molar-refractivity contribution in [2.24, 2.45) is 0 Å². The SMILES string of the molecule is CC(C)(C)OC(=O)N1CCC(c2ccc(Br)cn2)CC1. The van der Waals surface area contributed by atoms with Crippen LogP contribution in [0.15, 0.2) is 22.8 Å². The van der Waals surface area contributed by atoms with Gasteiger partial charge >= 0.3 is 6.09 Å². The average Bonchev–Trinajstić information content (AvgIpc) is 2.38. The number of hydrogen-bond acceptors (Lipinski definition) is 3. The second-order valence-corrected chi connectivity index (χ2v) is 7.06. The molecule has 0 saturated carbocycles. The lowest BCUT2D eigenvalue weighted by atomic mass is 9.93. The molecule has 1 aromatic rings. The molecule has 1 saturated heterocycles. The van der Waals surface area contributed by atoms with Gasteiger partial charge in [-0.05, 0) is 61.7 Å². The number of amides is 1. The molecule has 110 valence electrons. The van der Waals surface area contributed by atoms with Crippen LogP contribution in [-0.2, 0) is 4.74 Å². The van der Waals surface area contributed by atoms with Gasteiger partial charge in [-0.3, -0.25) is 4.98 Å². The van der Waals surface area contributed by atoms with Crippen molar-refractivity contribution in [3.63, 3.8) is 0 Å². The molecule has 1 aliphatic heterocycles. The molecular formula is C15H21BrN2O2. The van der Waals surface area contributed by atoms with Crippen molar-refractivity contribution in [2.75, 3.05) is 13.1 Å². The van der Waals surface area contributed by atoms with Crippen molar-refractivity contribution in [3.05, 3.63) is 28.5 Å². The first kappa shape index (κ1) is 15.3. The first-order valence-corrected chi connectivity index (χ1v) is 7.74. The Hall–Kier alpha value is -1.10. The van der Waals surface area contributed by atoms with Gasteiger partial charge in [0.1, 0.15) is 5.60 Å². The lowest BCUT2D eigenvalue weighted by molar-refractivity contribution is 0.0204. The average molecular weight is 341 g/mol. The van der Waals surface area contributed by atoms with E-state index in [1.54, 1.807) is 4.90 Å². The van der Waals surface area contributed by atoms with Gasteiger partial charge in [0.2, 0.25) is 0 Å². The quantitative estimate of drug-likeness (QED) is 0.777. The molecule has 0 atom stereocenters. The van der Waals surface area contributed by atoms with Gasteiger partial charge < -0.3 is 9.64 Å². The van der Waals surface area contributed by atoms with E-state index in [1.807, 2.05) is 33.0 Å². The molecule has 0 N–H and O–H groups in total. The van der Waals surface area contributed by atoms with Gasteiger partial charge in [0.05, 0.1) is 0 Å². The number of ether oxygens (including phenoxy) is 1. The number of aromatic nitrogens is 1. The lowest BCUT2D eigenvalue weighted by Crippen LogP contribution is -2.41. The summed E-state index contributed by atoms with van der Waals surface area (Å²) >= 11 is 3.39. The molecule has 0 spiro atoms. The van der Waals surface area contributed by atoms with Crippen LogP contribution in [0.5, 0.6) is 0 Å². The number of pyridine rings is 1. The fourth-order valence-electron chi connectivity index (χ4n) is 2.31. The minimum absolute atomic E-state index is 0.209. The molecule has 0 radical (unpaired) electrons. The molecule has 1 aromatic heterocycles. The van der Waals surface area contributed by atoms with Gasteiger partial charge in [-0.1, -0.05) is 0 Å². The topological polar surface area (TPSA) is 42.4 Å². The summed E-state index contributed by atoms with van der Waals surface area (Å²) in [5.74, 6) is 0.432. The number of carbonyl (C=O) groups excluding carboxylic acids is 1. The van der Waals surface area contributed by atoms with Crippen LogP contribution in [0.2, 0.25) is 0 Å². The third-order valence-corrected chi connectivity index (χ3v) is 3.78. The Morgan fingerprint density at radius 1 is 1.35 bits per heavy atom. The fraction of sp³-hybridized carbons (Fsp3) is 0.600. The van der Waals surface area contributed by atoms with Crippen LogP contribution in [0.3, 0.4) is 0 Å². The molecule has 1 aliphatic rings. The zero-order valence-electron chi connectivity index (χ0n) is 12.2. The van der Waals surface area contributed by atoms with E-state index in [2.05, 4.69) is 27.0 Å². The molecule has 0 aromatic carbocycles. The standard InChI is InChI=1S/C15H21BrN2O2/c1-15(2,3)20-14(19)18-8-6-11(7-9-18)13-5-4-12(16)10-17-13/h4-5,10-11H,6-9H2,1-3H3. The van der Waals surface area contributed by atoms with Crippen molar-refractivity contribution in [1.29, 1.82) is 0 Å². The maximum absolute atomic E-state index is 12.0. The first-order chi connectivity index (χ1) is 9.35. The number of nitrogens with zero attached hydrogens (tertiary/aromatic N) is 2. The number of hydrogen-bond donors (Lipinski definition) is 0. The van der Waals surface area contributed by atoms with Gasteiger partial charge in [0, 0.05) is 35.4 Å². The zero-order valence-corrected chi connectivity index (χ0v) is 13.8. The number of likely N-dealkylation sites (tertiary alicyclic amines) is 1. The van der Waals surface area contributed by atoms with Crippen LogP contribution in [-0.4, -0.2) is 34.7 Å². The minimum atomic E-state index is -0.429. The molecule has 0 bridgehead atoms. The molecule has 2 rings (SSSR count). The minimum Gasteiger partial charge on any atom is -0.444 e. The van der Waals surface area contributed by atoms with Crippen LogP contribution in [0.4, 0.5) is 4.79 Å². The summed E-state index contributed by atoms with van der Waals surface area (Å²) in [7, 11) is 0. The summed E-state index contributed by atoms with van der Waals surface area (Å²) in [5, 5.41) is 0. The van der Waals surface area contributed by atoms with Gasteiger partial charge in [-0.15, -0.1) is 0 Å². The van der Waals surface area contributed by atoms with Crippen molar-refractivity contribution in [3.8, 4) is 0 Å². The van der Waals surface area contributed by atoms with Crippen LogP contribution in [0.25, 0.3) is 0 Å². The summed E-state index contributed by atoms with van der Waals surface area (Å²) in [4.78, 5) is 18.2. The Labute approximate surface area is 128 Å². The highest BCUT2D eigenvalue weighted by Crippen LogP contribution is 2.28. The highest BCUT2D eigenvalue weighted by molar-refractivity contribution is 9.10. The summed E-state index contributed by atoms with van der Waals surface area (Å²) in [6.07, 6.45) is 3.50. The van der Waals surface area contributed by atoms with E-state index in [1.165, 1.54) is 0 Å².